The zero-order valence-electron chi connectivity index (χ0n) is 10.7. The normalized spacial score (nSPS) is 15.4. The van der Waals surface area contributed by atoms with Gasteiger partial charge in [0, 0.05) is 0 Å². The molecular formula is C14H19F3O. The molecule has 0 saturated heterocycles. The number of aliphatic hydroxyl groups excluding tert-OH is 1. The van der Waals surface area contributed by atoms with Gasteiger partial charge in [0.1, 0.15) is 0 Å². The van der Waals surface area contributed by atoms with Gasteiger partial charge in [-0.2, -0.15) is 13.2 Å². The summed E-state index contributed by atoms with van der Waals surface area (Å²) in [6.45, 7) is 3.97. The van der Waals surface area contributed by atoms with Crippen LogP contribution in [0.4, 0.5) is 13.2 Å². The van der Waals surface area contributed by atoms with Crippen LogP contribution in [0.5, 0.6) is 0 Å². The van der Waals surface area contributed by atoms with Crippen LogP contribution in [0, 0.1) is 5.92 Å². The van der Waals surface area contributed by atoms with E-state index < -0.39 is 17.8 Å². The van der Waals surface area contributed by atoms with Crippen LogP contribution in [0.1, 0.15) is 50.3 Å². The summed E-state index contributed by atoms with van der Waals surface area (Å²) in [5.74, 6) is 0.214. The third-order valence-corrected chi connectivity index (χ3v) is 3.03. The molecule has 0 amide bonds. The molecule has 0 heterocycles. The summed E-state index contributed by atoms with van der Waals surface area (Å²) in [7, 11) is 0. The zero-order valence-corrected chi connectivity index (χ0v) is 10.7. The summed E-state index contributed by atoms with van der Waals surface area (Å²) in [5, 5.41) is 9.96. The Bertz CT molecular complexity index is 374. The molecule has 1 nitrogen and oxygen atoms in total. The van der Waals surface area contributed by atoms with Crippen LogP contribution in [-0.4, -0.2) is 5.11 Å². The number of halogens is 3. The summed E-state index contributed by atoms with van der Waals surface area (Å²) in [6.07, 6.45) is -3.23. The number of aliphatic hydroxyl groups is 1. The van der Waals surface area contributed by atoms with Gasteiger partial charge in [-0.3, -0.25) is 0 Å². The standard InChI is InChI=1S/C14H19F3O/c1-3-6-10(2)9-13(18)11-7-4-5-8-12(11)14(15,16)17/h4-5,7-8,10,13,18H,3,6,9H2,1-2H3. The lowest BCUT2D eigenvalue weighted by atomic mass is 9.92. The average Bonchev–Trinajstić information content (AvgIpc) is 2.28. The Morgan fingerprint density at radius 2 is 1.83 bits per heavy atom. The summed E-state index contributed by atoms with van der Waals surface area (Å²) in [6, 6.07) is 5.24. The highest BCUT2D eigenvalue weighted by atomic mass is 19.4. The van der Waals surface area contributed by atoms with Gasteiger partial charge in [-0.15, -0.1) is 0 Å². The van der Waals surface area contributed by atoms with Crippen molar-refractivity contribution < 1.29 is 18.3 Å². The van der Waals surface area contributed by atoms with E-state index in [4.69, 9.17) is 0 Å². The molecule has 0 aliphatic carbocycles. The second-order valence-corrected chi connectivity index (χ2v) is 4.73. The van der Waals surface area contributed by atoms with Crippen molar-refractivity contribution in [1.82, 2.24) is 0 Å². The second kappa shape index (κ2) is 6.23. The van der Waals surface area contributed by atoms with Crippen LogP contribution < -0.4 is 0 Å². The lowest BCUT2D eigenvalue weighted by Gasteiger charge is -2.20. The summed E-state index contributed by atoms with van der Waals surface area (Å²) < 4.78 is 38.3. The molecule has 0 fully saturated rings. The van der Waals surface area contributed by atoms with E-state index in [0.717, 1.165) is 18.9 Å². The lowest BCUT2D eigenvalue weighted by Crippen LogP contribution is -2.13. The summed E-state index contributed by atoms with van der Waals surface area (Å²) >= 11 is 0. The smallest absolute Gasteiger partial charge is 0.388 e. The monoisotopic (exact) mass is 260 g/mol. The molecule has 1 aromatic carbocycles. The molecule has 1 N–H and O–H groups in total. The van der Waals surface area contributed by atoms with Crippen LogP contribution in [-0.2, 0) is 6.18 Å². The SMILES string of the molecule is CCCC(C)CC(O)c1ccccc1C(F)(F)F. The predicted octanol–water partition coefficient (Wildman–Crippen LogP) is 4.57. The Kier molecular flexibility index (Phi) is 5.20. The number of benzene rings is 1. The van der Waals surface area contributed by atoms with Gasteiger partial charge in [0.15, 0.2) is 0 Å². The van der Waals surface area contributed by atoms with Gasteiger partial charge < -0.3 is 5.11 Å². The molecular weight excluding hydrogens is 241 g/mol. The van der Waals surface area contributed by atoms with Gasteiger partial charge in [0.25, 0.3) is 0 Å². The van der Waals surface area contributed by atoms with Crippen molar-refractivity contribution in [3.8, 4) is 0 Å². The molecule has 18 heavy (non-hydrogen) atoms. The van der Waals surface area contributed by atoms with E-state index in [2.05, 4.69) is 0 Å². The molecule has 0 bridgehead atoms. The van der Waals surface area contributed by atoms with E-state index in [9.17, 15) is 18.3 Å². The first-order valence-corrected chi connectivity index (χ1v) is 6.20. The maximum absolute atomic E-state index is 12.8. The van der Waals surface area contributed by atoms with E-state index in [0.29, 0.717) is 6.42 Å². The first kappa shape index (κ1) is 15.0. The fraction of sp³-hybridized carbons (Fsp3) is 0.571. The molecule has 0 radical (unpaired) electrons. The third-order valence-electron chi connectivity index (χ3n) is 3.03. The number of alkyl halides is 3. The van der Waals surface area contributed by atoms with Crippen molar-refractivity contribution in [2.75, 3.05) is 0 Å². The quantitative estimate of drug-likeness (QED) is 0.822. The van der Waals surface area contributed by atoms with Crippen LogP contribution in [0.2, 0.25) is 0 Å². The molecule has 2 atom stereocenters. The maximum Gasteiger partial charge on any atom is 0.416 e. The fourth-order valence-corrected chi connectivity index (χ4v) is 2.16. The molecule has 0 saturated carbocycles. The van der Waals surface area contributed by atoms with E-state index >= 15 is 0 Å². The van der Waals surface area contributed by atoms with Crippen LogP contribution >= 0.6 is 0 Å². The van der Waals surface area contributed by atoms with Gasteiger partial charge in [-0.25, -0.2) is 0 Å². The van der Waals surface area contributed by atoms with Gasteiger partial charge in [-0.05, 0) is 24.0 Å². The van der Waals surface area contributed by atoms with E-state index in [1.54, 1.807) is 0 Å². The van der Waals surface area contributed by atoms with Gasteiger partial charge in [0.2, 0.25) is 0 Å². The van der Waals surface area contributed by atoms with Crippen molar-refractivity contribution in [2.45, 2.75) is 45.4 Å². The van der Waals surface area contributed by atoms with Crippen LogP contribution in [0.3, 0.4) is 0 Å². The average molecular weight is 260 g/mol. The Morgan fingerprint density at radius 1 is 1.22 bits per heavy atom. The topological polar surface area (TPSA) is 20.2 Å². The molecule has 0 aromatic heterocycles. The number of rotatable bonds is 5. The fourth-order valence-electron chi connectivity index (χ4n) is 2.16. The summed E-state index contributed by atoms with van der Waals surface area (Å²) in [4.78, 5) is 0. The van der Waals surface area contributed by atoms with Gasteiger partial charge in [0.05, 0.1) is 11.7 Å². The highest BCUT2D eigenvalue weighted by molar-refractivity contribution is 5.31. The summed E-state index contributed by atoms with van der Waals surface area (Å²) in [5.41, 5.74) is -0.755. The molecule has 1 aromatic rings. The molecule has 0 aliphatic heterocycles. The Balaban J connectivity index is 2.89. The molecule has 2 unspecified atom stereocenters. The largest absolute Gasteiger partial charge is 0.416 e. The minimum atomic E-state index is -4.41. The molecule has 4 heteroatoms. The van der Waals surface area contributed by atoms with Crippen LogP contribution in [0.25, 0.3) is 0 Å². The highest BCUT2D eigenvalue weighted by Crippen LogP contribution is 2.36. The number of hydrogen-bond donors (Lipinski definition) is 1. The predicted molar refractivity (Wildman–Crippen MR) is 65.1 cm³/mol. The zero-order chi connectivity index (χ0) is 13.8. The van der Waals surface area contributed by atoms with Crippen molar-refractivity contribution in [2.24, 2.45) is 5.92 Å². The maximum atomic E-state index is 12.8. The highest BCUT2D eigenvalue weighted by Gasteiger charge is 2.34. The molecule has 0 spiro atoms. The van der Waals surface area contributed by atoms with Gasteiger partial charge >= 0.3 is 6.18 Å². The van der Waals surface area contributed by atoms with E-state index in [1.165, 1.54) is 18.2 Å². The van der Waals surface area contributed by atoms with E-state index in [-0.39, 0.29) is 11.5 Å². The van der Waals surface area contributed by atoms with Crippen LogP contribution in [0.15, 0.2) is 24.3 Å². The Labute approximate surface area is 106 Å². The van der Waals surface area contributed by atoms with E-state index in [1.807, 2.05) is 13.8 Å². The third kappa shape index (κ3) is 4.02. The van der Waals surface area contributed by atoms with Crippen molar-refractivity contribution in [3.63, 3.8) is 0 Å². The minimum Gasteiger partial charge on any atom is -0.388 e. The van der Waals surface area contributed by atoms with Crippen molar-refractivity contribution in [3.05, 3.63) is 35.4 Å². The molecule has 102 valence electrons. The molecule has 1 rings (SSSR count). The second-order valence-electron chi connectivity index (χ2n) is 4.73. The molecule has 0 aliphatic rings. The minimum absolute atomic E-state index is 0.0204. The first-order valence-electron chi connectivity index (χ1n) is 6.20. The van der Waals surface area contributed by atoms with Gasteiger partial charge in [-0.1, -0.05) is 44.9 Å². The number of hydrogen-bond acceptors (Lipinski definition) is 1. The Morgan fingerprint density at radius 3 is 2.39 bits per heavy atom. The van der Waals surface area contributed by atoms with Crippen molar-refractivity contribution in [1.29, 1.82) is 0 Å². The Hall–Kier alpha value is -1.03. The van der Waals surface area contributed by atoms with Crippen molar-refractivity contribution >= 4 is 0 Å². The lowest BCUT2D eigenvalue weighted by molar-refractivity contribution is -0.139. The first-order chi connectivity index (χ1) is 8.36.